The molecule has 2 heterocycles. The van der Waals surface area contributed by atoms with E-state index < -0.39 is 0 Å². The van der Waals surface area contributed by atoms with E-state index in [2.05, 4.69) is 17.3 Å². The molecule has 94 valence electrons. The highest BCUT2D eigenvalue weighted by Crippen LogP contribution is 2.52. The second-order valence-corrected chi connectivity index (χ2v) is 6.09. The molecule has 0 radical (unpaired) electrons. The third-order valence-electron chi connectivity index (χ3n) is 4.54. The van der Waals surface area contributed by atoms with Gasteiger partial charge in [-0.2, -0.15) is 0 Å². The summed E-state index contributed by atoms with van der Waals surface area (Å²) in [6, 6.07) is 0. The van der Waals surface area contributed by atoms with E-state index in [0.717, 1.165) is 10.8 Å². The van der Waals surface area contributed by atoms with Gasteiger partial charge in [-0.25, -0.2) is 0 Å². The van der Waals surface area contributed by atoms with E-state index in [1.54, 1.807) is 0 Å². The molecule has 2 spiro atoms. The summed E-state index contributed by atoms with van der Waals surface area (Å²) in [7, 11) is 2.23. The van der Waals surface area contributed by atoms with Crippen LogP contribution in [0.3, 0.4) is 0 Å². The second kappa shape index (κ2) is 4.66. The van der Waals surface area contributed by atoms with Gasteiger partial charge in [0.25, 0.3) is 0 Å². The minimum absolute atomic E-state index is 0.842. The number of hydrogen-bond donors (Lipinski definition) is 1. The van der Waals surface area contributed by atoms with Gasteiger partial charge in [-0.3, -0.25) is 0 Å². The van der Waals surface area contributed by atoms with E-state index in [1.807, 2.05) is 13.8 Å². The summed E-state index contributed by atoms with van der Waals surface area (Å²) in [6.07, 6.45) is 7.50. The Hall–Kier alpha value is -0.0800. The van der Waals surface area contributed by atoms with Gasteiger partial charge < -0.3 is 10.2 Å². The molecule has 2 aliphatic carbocycles. The van der Waals surface area contributed by atoms with Gasteiger partial charge >= 0.3 is 0 Å². The summed E-state index contributed by atoms with van der Waals surface area (Å²) in [6.45, 7) is 9.35. The molecule has 0 amide bonds. The van der Waals surface area contributed by atoms with Gasteiger partial charge in [-0.05, 0) is 56.5 Å². The Morgan fingerprint density at radius 2 is 1.44 bits per heavy atom. The topological polar surface area (TPSA) is 15.3 Å². The fourth-order valence-corrected chi connectivity index (χ4v) is 2.75. The first-order chi connectivity index (χ1) is 7.72. The summed E-state index contributed by atoms with van der Waals surface area (Å²) < 4.78 is 0. The van der Waals surface area contributed by atoms with Gasteiger partial charge in [0.05, 0.1) is 0 Å². The van der Waals surface area contributed by atoms with Crippen LogP contribution in [0, 0.1) is 10.8 Å². The van der Waals surface area contributed by atoms with Crippen molar-refractivity contribution in [2.75, 3.05) is 33.2 Å². The van der Waals surface area contributed by atoms with E-state index in [0.29, 0.717) is 0 Å². The fraction of sp³-hybridized carbons (Fsp3) is 1.00. The van der Waals surface area contributed by atoms with Crippen LogP contribution in [0.1, 0.15) is 46.0 Å². The number of nitrogens with one attached hydrogen (secondary N) is 1. The van der Waals surface area contributed by atoms with Crippen LogP contribution in [0.15, 0.2) is 0 Å². The maximum atomic E-state index is 3.26. The standard InChI is InChI=1S/C7H13N.C5H9N.C2H6/c1-8-5-4-7(6-8)2-3-7;1-2-5(1)3-6-4-5;1-2/h2-6H2,1H3;6H,1-4H2;1-2H3. The zero-order valence-electron chi connectivity index (χ0n) is 11.3. The fourth-order valence-electron chi connectivity index (χ4n) is 2.75. The predicted octanol–water partition coefficient (Wildman–Crippen LogP) is 2.50. The average Bonchev–Trinajstić information content (AvgIpc) is 3.10. The monoisotopic (exact) mass is 224 g/mol. The van der Waals surface area contributed by atoms with Gasteiger partial charge in [-0.1, -0.05) is 13.8 Å². The van der Waals surface area contributed by atoms with Crippen molar-refractivity contribution in [2.24, 2.45) is 10.8 Å². The zero-order valence-corrected chi connectivity index (χ0v) is 11.3. The SMILES string of the molecule is C1CC12CNC2.CC.CN1CCC2(CC2)C1. The van der Waals surface area contributed by atoms with Crippen molar-refractivity contribution in [3.05, 3.63) is 0 Å². The molecule has 1 N–H and O–H groups in total. The highest BCUT2D eigenvalue weighted by Gasteiger charge is 2.47. The highest BCUT2D eigenvalue weighted by molar-refractivity contribution is 5.03. The largest absolute Gasteiger partial charge is 0.316 e. The first-order valence-corrected chi connectivity index (χ1v) is 7.12. The molecule has 2 nitrogen and oxygen atoms in total. The Bertz CT molecular complexity index is 223. The van der Waals surface area contributed by atoms with Gasteiger partial charge in [-0.15, -0.1) is 0 Å². The first-order valence-electron chi connectivity index (χ1n) is 7.12. The molecular weight excluding hydrogens is 196 g/mol. The van der Waals surface area contributed by atoms with Crippen molar-refractivity contribution in [3.8, 4) is 0 Å². The highest BCUT2D eigenvalue weighted by atomic mass is 15.1. The molecule has 4 rings (SSSR count). The summed E-state index contributed by atoms with van der Waals surface area (Å²) >= 11 is 0. The minimum Gasteiger partial charge on any atom is -0.316 e. The Balaban J connectivity index is 0.000000107. The van der Waals surface area contributed by atoms with Crippen LogP contribution < -0.4 is 5.32 Å². The first kappa shape index (κ1) is 12.4. The molecule has 2 saturated heterocycles. The zero-order chi connectivity index (χ0) is 11.6. The summed E-state index contributed by atoms with van der Waals surface area (Å²) in [4.78, 5) is 2.45. The quantitative estimate of drug-likeness (QED) is 0.680. The van der Waals surface area contributed by atoms with E-state index in [-0.39, 0.29) is 0 Å². The van der Waals surface area contributed by atoms with E-state index in [9.17, 15) is 0 Å². The van der Waals surface area contributed by atoms with E-state index in [4.69, 9.17) is 0 Å². The van der Waals surface area contributed by atoms with Crippen LogP contribution in [0.5, 0.6) is 0 Å². The van der Waals surface area contributed by atoms with Crippen molar-refractivity contribution in [2.45, 2.75) is 46.0 Å². The van der Waals surface area contributed by atoms with E-state index >= 15 is 0 Å². The summed E-state index contributed by atoms with van der Waals surface area (Å²) in [5.41, 5.74) is 1.70. The Morgan fingerprint density at radius 1 is 0.875 bits per heavy atom. The molecule has 0 aromatic rings. The lowest BCUT2D eigenvalue weighted by Gasteiger charge is -2.26. The molecular formula is C14H28N2. The molecule has 0 aromatic carbocycles. The van der Waals surface area contributed by atoms with Crippen LogP contribution in [-0.2, 0) is 0 Å². The molecule has 0 bridgehead atoms. The van der Waals surface area contributed by atoms with Crippen molar-refractivity contribution in [1.29, 1.82) is 0 Å². The number of hydrogen-bond acceptors (Lipinski definition) is 2. The molecule has 16 heavy (non-hydrogen) atoms. The summed E-state index contributed by atoms with van der Waals surface area (Å²) in [5, 5.41) is 3.26. The van der Waals surface area contributed by atoms with Crippen LogP contribution in [0.2, 0.25) is 0 Å². The van der Waals surface area contributed by atoms with E-state index in [1.165, 1.54) is 58.3 Å². The van der Waals surface area contributed by atoms with Gasteiger partial charge in [0.15, 0.2) is 0 Å². The third kappa shape index (κ3) is 2.78. The lowest BCUT2D eigenvalue weighted by Crippen LogP contribution is -2.43. The molecule has 4 fully saturated rings. The smallest absolute Gasteiger partial charge is 0.00354 e. The van der Waals surface area contributed by atoms with Crippen molar-refractivity contribution in [3.63, 3.8) is 0 Å². The van der Waals surface area contributed by atoms with Crippen molar-refractivity contribution in [1.82, 2.24) is 10.2 Å². The minimum atomic E-state index is 0.842. The van der Waals surface area contributed by atoms with Crippen molar-refractivity contribution < 1.29 is 0 Å². The van der Waals surface area contributed by atoms with Crippen LogP contribution in [0.25, 0.3) is 0 Å². The third-order valence-corrected chi connectivity index (χ3v) is 4.54. The molecule has 0 aromatic heterocycles. The van der Waals surface area contributed by atoms with Crippen LogP contribution in [0.4, 0.5) is 0 Å². The lowest BCUT2D eigenvalue weighted by molar-refractivity contribution is 0.324. The van der Waals surface area contributed by atoms with Crippen LogP contribution in [-0.4, -0.2) is 38.1 Å². The number of nitrogens with zero attached hydrogens (tertiary/aromatic N) is 1. The predicted molar refractivity (Wildman–Crippen MR) is 69.7 cm³/mol. The maximum absolute atomic E-state index is 3.26. The molecule has 4 aliphatic rings. The van der Waals surface area contributed by atoms with Gasteiger partial charge in [0, 0.05) is 19.6 Å². The Morgan fingerprint density at radius 3 is 1.56 bits per heavy atom. The number of rotatable bonds is 0. The summed E-state index contributed by atoms with van der Waals surface area (Å²) in [5.74, 6) is 0. The van der Waals surface area contributed by atoms with Crippen LogP contribution >= 0.6 is 0 Å². The second-order valence-electron chi connectivity index (χ2n) is 6.09. The molecule has 2 aliphatic heterocycles. The molecule has 2 heteroatoms. The Labute approximate surface area is 101 Å². The van der Waals surface area contributed by atoms with Gasteiger partial charge in [0.1, 0.15) is 0 Å². The normalized spacial score (nSPS) is 30.9. The lowest BCUT2D eigenvalue weighted by atomic mass is 10.0. The molecule has 0 atom stereocenters. The van der Waals surface area contributed by atoms with Crippen molar-refractivity contribution >= 4 is 0 Å². The molecule has 0 unspecified atom stereocenters. The maximum Gasteiger partial charge on any atom is 0.00354 e. The number of likely N-dealkylation sites (tertiary alicyclic amines) is 1. The van der Waals surface area contributed by atoms with Gasteiger partial charge in [0.2, 0.25) is 0 Å². The molecule has 2 saturated carbocycles. The average molecular weight is 224 g/mol. The Kier molecular flexibility index (Phi) is 3.60.